The molecular formula is C19H14BrN3O2S2. The summed E-state index contributed by atoms with van der Waals surface area (Å²) < 4.78 is 7.19. The van der Waals surface area contributed by atoms with Gasteiger partial charge in [-0.1, -0.05) is 17.4 Å². The van der Waals surface area contributed by atoms with Crippen LogP contribution in [0.1, 0.15) is 15.4 Å². The van der Waals surface area contributed by atoms with E-state index in [0.29, 0.717) is 16.6 Å². The molecular weight excluding hydrogens is 446 g/mol. The average Bonchev–Trinajstić information content (AvgIpc) is 3.31. The SMILES string of the molecule is COc1ccc2sc(N(Cc3ccccn3)C(=O)c3ccc(Br)s3)nc2c1. The lowest BCUT2D eigenvalue weighted by Gasteiger charge is -2.18. The summed E-state index contributed by atoms with van der Waals surface area (Å²) in [6, 6.07) is 15.1. The van der Waals surface area contributed by atoms with Gasteiger partial charge in [-0.05, 0) is 52.3 Å². The average molecular weight is 460 g/mol. The van der Waals surface area contributed by atoms with Crippen molar-refractivity contribution >= 4 is 59.9 Å². The van der Waals surface area contributed by atoms with Crippen molar-refractivity contribution in [2.75, 3.05) is 12.0 Å². The van der Waals surface area contributed by atoms with E-state index in [1.54, 1.807) is 18.2 Å². The molecule has 0 aliphatic heterocycles. The van der Waals surface area contributed by atoms with E-state index in [9.17, 15) is 4.79 Å². The number of fused-ring (bicyclic) bond motifs is 1. The van der Waals surface area contributed by atoms with E-state index in [1.165, 1.54) is 22.7 Å². The third kappa shape index (κ3) is 3.87. The zero-order valence-electron chi connectivity index (χ0n) is 14.3. The van der Waals surface area contributed by atoms with Crippen molar-refractivity contribution in [3.05, 3.63) is 69.1 Å². The van der Waals surface area contributed by atoms with Gasteiger partial charge in [0.2, 0.25) is 0 Å². The number of amides is 1. The molecule has 0 N–H and O–H groups in total. The van der Waals surface area contributed by atoms with Crippen LogP contribution in [0, 0.1) is 0 Å². The van der Waals surface area contributed by atoms with E-state index in [0.717, 1.165) is 25.4 Å². The third-order valence-corrected chi connectivity index (χ3v) is 6.56. The lowest BCUT2D eigenvalue weighted by molar-refractivity contribution is 0.0988. The highest BCUT2D eigenvalue weighted by atomic mass is 79.9. The van der Waals surface area contributed by atoms with Crippen LogP contribution in [0.2, 0.25) is 0 Å². The van der Waals surface area contributed by atoms with Crippen LogP contribution >= 0.6 is 38.6 Å². The van der Waals surface area contributed by atoms with E-state index in [-0.39, 0.29) is 5.91 Å². The molecule has 136 valence electrons. The molecule has 0 spiro atoms. The second kappa shape index (κ2) is 7.75. The Balaban J connectivity index is 1.75. The Bertz CT molecular complexity index is 1090. The molecule has 4 aromatic rings. The van der Waals surface area contributed by atoms with Gasteiger partial charge in [-0.2, -0.15) is 0 Å². The van der Waals surface area contributed by atoms with Crippen molar-refractivity contribution in [1.29, 1.82) is 0 Å². The van der Waals surface area contributed by atoms with E-state index in [2.05, 4.69) is 25.9 Å². The number of methoxy groups -OCH3 is 1. The molecule has 0 aliphatic rings. The van der Waals surface area contributed by atoms with Crippen LogP contribution in [0.3, 0.4) is 0 Å². The summed E-state index contributed by atoms with van der Waals surface area (Å²) in [5.41, 5.74) is 1.61. The van der Waals surface area contributed by atoms with Crippen molar-refractivity contribution < 1.29 is 9.53 Å². The van der Waals surface area contributed by atoms with Gasteiger partial charge in [0.1, 0.15) is 5.75 Å². The second-order valence-corrected chi connectivity index (χ2v) is 9.12. The van der Waals surface area contributed by atoms with E-state index in [1.807, 2.05) is 48.5 Å². The number of rotatable bonds is 5. The molecule has 1 aromatic carbocycles. The molecule has 0 atom stereocenters. The van der Waals surface area contributed by atoms with Crippen LogP contribution in [-0.2, 0) is 6.54 Å². The number of pyridine rings is 1. The normalized spacial score (nSPS) is 10.9. The molecule has 3 aromatic heterocycles. The third-order valence-electron chi connectivity index (χ3n) is 3.89. The van der Waals surface area contributed by atoms with Crippen molar-refractivity contribution in [3.8, 4) is 5.75 Å². The molecule has 27 heavy (non-hydrogen) atoms. The van der Waals surface area contributed by atoms with Gasteiger partial charge in [-0.15, -0.1) is 11.3 Å². The van der Waals surface area contributed by atoms with Crippen LogP contribution < -0.4 is 9.64 Å². The van der Waals surface area contributed by atoms with Gasteiger partial charge in [0.15, 0.2) is 5.13 Å². The Kier molecular flexibility index (Phi) is 5.20. The number of benzene rings is 1. The summed E-state index contributed by atoms with van der Waals surface area (Å²) in [7, 11) is 1.63. The first-order chi connectivity index (χ1) is 13.1. The molecule has 3 heterocycles. The van der Waals surface area contributed by atoms with Gasteiger partial charge in [0.25, 0.3) is 5.91 Å². The van der Waals surface area contributed by atoms with Gasteiger partial charge in [0, 0.05) is 12.3 Å². The quantitative estimate of drug-likeness (QED) is 0.402. The van der Waals surface area contributed by atoms with Crippen LogP contribution in [0.4, 0.5) is 5.13 Å². The largest absolute Gasteiger partial charge is 0.497 e. The Morgan fingerprint density at radius 1 is 1.19 bits per heavy atom. The first kappa shape index (κ1) is 18.1. The zero-order chi connectivity index (χ0) is 18.8. The summed E-state index contributed by atoms with van der Waals surface area (Å²) in [4.78, 5) is 24.6. The number of thiazole rings is 1. The van der Waals surface area contributed by atoms with E-state index >= 15 is 0 Å². The predicted octanol–water partition coefficient (Wildman–Crippen LogP) is 5.37. The lowest BCUT2D eigenvalue weighted by atomic mass is 10.3. The topological polar surface area (TPSA) is 55.3 Å². The van der Waals surface area contributed by atoms with Crippen LogP contribution in [0.5, 0.6) is 5.75 Å². The summed E-state index contributed by atoms with van der Waals surface area (Å²) in [6.45, 7) is 0.353. The number of anilines is 1. The molecule has 8 heteroatoms. The lowest BCUT2D eigenvalue weighted by Crippen LogP contribution is -2.30. The van der Waals surface area contributed by atoms with Crippen molar-refractivity contribution in [2.24, 2.45) is 0 Å². The fourth-order valence-electron chi connectivity index (χ4n) is 2.58. The molecule has 0 fully saturated rings. The van der Waals surface area contributed by atoms with Crippen molar-refractivity contribution in [2.45, 2.75) is 6.54 Å². The zero-order valence-corrected chi connectivity index (χ0v) is 17.5. The predicted molar refractivity (Wildman–Crippen MR) is 113 cm³/mol. The molecule has 0 saturated carbocycles. The Hall–Kier alpha value is -2.29. The number of aromatic nitrogens is 2. The molecule has 4 rings (SSSR count). The summed E-state index contributed by atoms with van der Waals surface area (Å²) in [5.74, 6) is 0.645. The number of halogens is 1. The monoisotopic (exact) mass is 459 g/mol. The Morgan fingerprint density at radius 2 is 2.07 bits per heavy atom. The molecule has 0 aliphatic carbocycles. The highest BCUT2D eigenvalue weighted by molar-refractivity contribution is 9.11. The minimum atomic E-state index is -0.0950. The molecule has 5 nitrogen and oxygen atoms in total. The summed E-state index contributed by atoms with van der Waals surface area (Å²) in [5, 5.41) is 0.637. The molecule has 0 saturated heterocycles. The molecule has 0 unspecified atom stereocenters. The number of carbonyl (C=O) groups excluding carboxylic acids is 1. The smallest absolute Gasteiger partial charge is 0.270 e. The minimum absolute atomic E-state index is 0.0950. The number of hydrogen-bond donors (Lipinski definition) is 0. The van der Waals surface area contributed by atoms with Gasteiger partial charge in [-0.25, -0.2) is 4.98 Å². The number of nitrogens with zero attached hydrogens (tertiary/aromatic N) is 3. The number of thiophene rings is 1. The summed E-state index contributed by atoms with van der Waals surface area (Å²) >= 11 is 6.31. The Morgan fingerprint density at radius 3 is 2.78 bits per heavy atom. The van der Waals surface area contributed by atoms with Crippen LogP contribution in [-0.4, -0.2) is 23.0 Å². The first-order valence-electron chi connectivity index (χ1n) is 8.06. The fraction of sp³-hybridized carbons (Fsp3) is 0.105. The number of carbonyl (C=O) groups is 1. The first-order valence-corrected chi connectivity index (χ1v) is 10.5. The minimum Gasteiger partial charge on any atom is -0.497 e. The number of hydrogen-bond acceptors (Lipinski definition) is 6. The molecule has 0 bridgehead atoms. The van der Waals surface area contributed by atoms with Gasteiger partial charge < -0.3 is 4.74 Å². The molecule has 1 amide bonds. The van der Waals surface area contributed by atoms with Crippen molar-refractivity contribution in [1.82, 2.24) is 9.97 Å². The van der Waals surface area contributed by atoms with Crippen LogP contribution in [0.25, 0.3) is 10.2 Å². The Labute approximate surface area is 172 Å². The van der Waals surface area contributed by atoms with Crippen molar-refractivity contribution in [3.63, 3.8) is 0 Å². The maximum atomic E-state index is 13.2. The van der Waals surface area contributed by atoms with Gasteiger partial charge >= 0.3 is 0 Å². The highest BCUT2D eigenvalue weighted by Gasteiger charge is 2.23. The van der Waals surface area contributed by atoms with Gasteiger partial charge in [-0.3, -0.25) is 14.7 Å². The molecule has 0 radical (unpaired) electrons. The highest BCUT2D eigenvalue weighted by Crippen LogP contribution is 2.33. The maximum Gasteiger partial charge on any atom is 0.270 e. The van der Waals surface area contributed by atoms with E-state index < -0.39 is 0 Å². The fourth-order valence-corrected chi connectivity index (χ4v) is 4.86. The standard InChI is InChI=1S/C19H14BrN3O2S2/c1-25-13-5-6-15-14(10-13)22-19(27-15)23(11-12-4-2-3-9-21-12)18(24)16-7-8-17(20)26-16/h2-10H,11H2,1H3. The second-order valence-electron chi connectivity index (χ2n) is 5.65. The van der Waals surface area contributed by atoms with E-state index in [4.69, 9.17) is 4.74 Å². The van der Waals surface area contributed by atoms with Crippen LogP contribution in [0.15, 0.2) is 58.5 Å². The maximum absolute atomic E-state index is 13.2. The van der Waals surface area contributed by atoms with Gasteiger partial charge in [0.05, 0.1) is 38.2 Å². The number of ether oxygens (including phenoxy) is 1. The summed E-state index contributed by atoms with van der Waals surface area (Å²) in [6.07, 6.45) is 1.73.